The number of hydrogen-bond acceptors (Lipinski definition) is 3. The van der Waals surface area contributed by atoms with E-state index in [4.69, 9.17) is 0 Å². The highest BCUT2D eigenvalue weighted by molar-refractivity contribution is 5.57. The molecule has 2 aliphatic heterocycles. The molecule has 2 bridgehead atoms. The van der Waals surface area contributed by atoms with Crippen LogP contribution in [-0.2, 0) is 0 Å². The van der Waals surface area contributed by atoms with E-state index >= 15 is 0 Å². The summed E-state index contributed by atoms with van der Waals surface area (Å²) in [6, 6.07) is 15.0. The Kier molecular flexibility index (Phi) is 3.00. The zero-order valence-electron chi connectivity index (χ0n) is 11.6. The smallest absolute Gasteiger partial charge is 0.0929 e. The first-order valence-electron chi connectivity index (χ1n) is 7.53. The number of nitrogens with zero attached hydrogens (tertiary/aromatic N) is 3. The van der Waals surface area contributed by atoms with Crippen molar-refractivity contribution in [1.82, 2.24) is 15.1 Å². The summed E-state index contributed by atoms with van der Waals surface area (Å²) in [6.07, 6.45) is 3.96. The summed E-state index contributed by atoms with van der Waals surface area (Å²) in [7, 11) is 0. The van der Waals surface area contributed by atoms with Gasteiger partial charge in [0, 0.05) is 12.1 Å². The van der Waals surface area contributed by atoms with Crippen molar-refractivity contribution in [2.24, 2.45) is 5.92 Å². The van der Waals surface area contributed by atoms with Gasteiger partial charge in [-0.3, -0.25) is 4.90 Å². The maximum Gasteiger partial charge on any atom is 0.0929 e. The van der Waals surface area contributed by atoms with Crippen molar-refractivity contribution in [2.45, 2.75) is 25.3 Å². The van der Waals surface area contributed by atoms with Gasteiger partial charge in [0.05, 0.1) is 17.4 Å². The standard InChI is InChI=1S/C17H19N3/c1-2-4-14(5-3-1)15-7-8-16(19-18-15)17-9-6-13-10-11-20(17)12-13/h1-5,7-8,13,17H,6,9-12H2. The van der Waals surface area contributed by atoms with Crippen LogP contribution in [0.5, 0.6) is 0 Å². The second-order valence-corrected chi connectivity index (χ2v) is 5.95. The van der Waals surface area contributed by atoms with Crippen LogP contribution in [0.25, 0.3) is 11.3 Å². The van der Waals surface area contributed by atoms with E-state index in [0.717, 1.165) is 22.9 Å². The molecule has 4 rings (SSSR count). The summed E-state index contributed by atoms with van der Waals surface area (Å²) >= 11 is 0. The minimum atomic E-state index is 0.492. The maximum absolute atomic E-state index is 4.50. The normalized spacial score (nSPS) is 28.5. The van der Waals surface area contributed by atoms with Crippen LogP contribution in [-0.4, -0.2) is 28.2 Å². The first-order valence-corrected chi connectivity index (χ1v) is 7.53. The molecule has 0 N–H and O–H groups in total. The van der Waals surface area contributed by atoms with Crippen LogP contribution in [0.1, 0.15) is 31.0 Å². The Morgan fingerprint density at radius 1 is 0.900 bits per heavy atom. The topological polar surface area (TPSA) is 29.0 Å². The van der Waals surface area contributed by atoms with Gasteiger partial charge >= 0.3 is 0 Å². The number of rotatable bonds is 2. The third kappa shape index (κ3) is 2.12. The minimum absolute atomic E-state index is 0.492. The number of piperidine rings is 1. The van der Waals surface area contributed by atoms with Crippen molar-refractivity contribution in [3.05, 3.63) is 48.2 Å². The van der Waals surface area contributed by atoms with Gasteiger partial charge in [0.2, 0.25) is 0 Å². The molecule has 3 heterocycles. The minimum Gasteiger partial charge on any atom is -0.294 e. The van der Waals surface area contributed by atoms with Crippen LogP contribution >= 0.6 is 0 Å². The van der Waals surface area contributed by atoms with E-state index in [9.17, 15) is 0 Å². The SMILES string of the molecule is c1ccc(-c2ccc(C3CCC4CCN3C4)nn2)cc1. The fourth-order valence-electron chi connectivity index (χ4n) is 3.58. The van der Waals surface area contributed by atoms with Crippen molar-refractivity contribution in [3.63, 3.8) is 0 Å². The van der Waals surface area contributed by atoms with Crippen molar-refractivity contribution in [1.29, 1.82) is 0 Å². The Labute approximate surface area is 119 Å². The van der Waals surface area contributed by atoms with E-state index in [1.54, 1.807) is 0 Å². The van der Waals surface area contributed by atoms with Gasteiger partial charge in [-0.05, 0) is 43.9 Å². The molecular formula is C17H19N3. The molecule has 102 valence electrons. The molecule has 3 heteroatoms. The predicted octanol–water partition coefficient (Wildman–Crippen LogP) is 3.30. The van der Waals surface area contributed by atoms with Crippen molar-refractivity contribution in [2.75, 3.05) is 13.1 Å². The van der Waals surface area contributed by atoms with Crippen LogP contribution in [0.3, 0.4) is 0 Å². The quantitative estimate of drug-likeness (QED) is 0.834. The van der Waals surface area contributed by atoms with Gasteiger partial charge in [0.25, 0.3) is 0 Å². The lowest BCUT2D eigenvalue weighted by Gasteiger charge is -2.31. The molecule has 2 aliphatic rings. The number of benzene rings is 1. The Morgan fingerprint density at radius 2 is 1.80 bits per heavy atom. The van der Waals surface area contributed by atoms with E-state index in [2.05, 4.69) is 39.4 Å². The van der Waals surface area contributed by atoms with Gasteiger partial charge in [-0.2, -0.15) is 10.2 Å². The summed E-state index contributed by atoms with van der Waals surface area (Å²) in [5, 5.41) is 8.93. The molecule has 2 saturated heterocycles. The molecule has 0 aliphatic carbocycles. The van der Waals surface area contributed by atoms with E-state index in [1.807, 2.05) is 18.2 Å². The molecule has 3 unspecified atom stereocenters. The average molecular weight is 265 g/mol. The van der Waals surface area contributed by atoms with Gasteiger partial charge < -0.3 is 0 Å². The summed E-state index contributed by atoms with van der Waals surface area (Å²) in [4.78, 5) is 2.58. The van der Waals surface area contributed by atoms with Gasteiger partial charge in [-0.1, -0.05) is 30.3 Å². The predicted molar refractivity (Wildman–Crippen MR) is 79.1 cm³/mol. The molecule has 0 radical (unpaired) electrons. The summed E-state index contributed by atoms with van der Waals surface area (Å²) < 4.78 is 0. The van der Waals surface area contributed by atoms with Crippen molar-refractivity contribution >= 4 is 0 Å². The Bertz CT molecular complexity index is 579. The van der Waals surface area contributed by atoms with Crippen molar-refractivity contribution < 1.29 is 0 Å². The molecular weight excluding hydrogens is 246 g/mol. The second-order valence-electron chi connectivity index (χ2n) is 5.95. The highest BCUT2D eigenvalue weighted by Gasteiger charge is 2.34. The van der Waals surface area contributed by atoms with Crippen LogP contribution < -0.4 is 0 Å². The molecule has 0 saturated carbocycles. The Balaban J connectivity index is 1.58. The highest BCUT2D eigenvalue weighted by Crippen LogP contribution is 2.38. The Morgan fingerprint density at radius 3 is 2.60 bits per heavy atom. The summed E-state index contributed by atoms with van der Waals surface area (Å²) in [5.74, 6) is 0.933. The lowest BCUT2D eigenvalue weighted by molar-refractivity contribution is 0.178. The molecule has 1 aromatic carbocycles. The summed E-state index contributed by atoms with van der Waals surface area (Å²) in [5.41, 5.74) is 3.24. The van der Waals surface area contributed by atoms with Gasteiger partial charge in [-0.15, -0.1) is 0 Å². The number of hydrogen-bond donors (Lipinski definition) is 0. The van der Waals surface area contributed by atoms with E-state index in [1.165, 1.54) is 32.4 Å². The van der Waals surface area contributed by atoms with E-state index < -0.39 is 0 Å². The Hall–Kier alpha value is -1.74. The lowest BCUT2D eigenvalue weighted by atomic mass is 9.94. The first-order chi connectivity index (χ1) is 9.90. The number of aromatic nitrogens is 2. The molecule has 0 spiro atoms. The van der Waals surface area contributed by atoms with E-state index in [0.29, 0.717) is 6.04 Å². The molecule has 0 amide bonds. The fraction of sp³-hybridized carbons (Fsp3) is 0.412. The van der Waals surface area contributed by atoms with Gasteiger partial charge in [0.15, 0.2) is 0 Å². The lowest BCUT2D eigenvalue weighted by Crippen LogP contribution is -2.31. The zero-order valence-corrected chi connectivity index (χ0v) is 11.6. The zero-order chi connectivity index (χ0) is 13.4. The number of fused-ring (bicyclic) bond motifs is 2. The van der Waals surface area contributed by atoms with Crippen LogP contribution in [0.4, 0.5) is 0 Å². The van der Waals surface area contributed by atoms with E-state index in [-0.39, 0.29) is 0 Å². The second kappa shape index (κ2) is 4.98. The molecule has 2 fully saturated rings. The highest BCUT2D eigenvalue weighted by atomic mass is 15.2. The molecule has 1 aromatic heterocycles. The van der Waals surface area contributed by atoms with Gasteiger partial charge in [-0.25, -0.2) is 0 Å². The fourth-order valence-corrected chi connectivity index (χ4v) is 3.58. The molecule has 3 nitrogen and oxygen atoms in total. The maximum atomic E-state index is 4.50. The van der Waals surface area contributed by atoms with Crippen LogP contribution in [0.15, 0.2) is 42.5 Å². The largest absolute Gasteiger partial charge is 0.294 e. The third-order valence-corrected chi connectivity index (χ3v) is 4.70. The van der Waals surface area contributed by atoms with Crippen molar-refractivity contribution in [3.8, 4) is 11.3 Å². The van der Waals surface area contributed by atoms with Crippen LogP contribution in [0, 0.1) is 5.92 Å². The van der Waals surface area contributed by atoms with Gasteiger partial charge in [0.1, 0.15) is 0 Å². The molecule has 3 atom stereocenters. The average Bonchev–Trinajstić information content (AvgIpc) is 2.90. The van der Waals surface area contributed by atoms with Crippen LogP contribution in [0.2, 0.25) is 0 Å². The molecule has 2 aromatic rings. The third-order valence-electron chi connectivity index (χ3n) is 4.70. The first kappa shape index (κ1) is 12.0. The molecule has 20 heavy (non-hydrogen) atoms. The monoisotopic (exact) mass is 265 g/mol. The summed E-state index contributed by atoms with van der Waals surface area (Å²) in [6.45, 7) is 2.49.